The maximum absolute atomic E-state index is 6.12. The molecule has 0 radical (unpaired) electrons. The zero-order valence-electron chi connectivity index (χ0n) is 10.3. The summed E-state index contributed by atoms with van der Waals surface area (Å²) < 4.78 is 0. The average Bonchev–Trinajstić information content (AvgIpc) is 3.04. The van der Waals surface area contributed by atoms with Crippen LogP contribution in [0.5, 0.6) is 0 Å². The van der Waals surface area contributed by atoms with Gasteiger partial charge in [-0.15, -0.1) is 0 Å². The molecule has 94 valence electrons. The number of aromatic amines is 1. The third-order valence-electron chi connectivity index (χ3n) is 4.69. The number of nitrogen functional groups attached to an aromatic ring is 1. The van der Waals surface area contributed by atoms with Gasteiger partial charge in [-0.1, -0.05) is 6.42 Å². The molecule has 4 N–H and O–H groups in total. The van der Waals surface area contributed by atoms with Crippen LogP contribution in [0.2, 0.25) is 0 Å². The van der Waals surface area contributed by atoms with Crippen molar-refractivity contribution >= 4 is 22.3 Å². The van der Waals surface area contributed by atoms with Crippen LogP contribution in [0.4, 0.5) is 11.4 Å². The first kappa shape index (κ1) is 10.2. The summed E-state index contributed by atoms with van der Waals surface area (Å²) in [6, 6.07) is 4.70. The molecule has 18 heavy (non-hydrogen) atoms. The van der Waals surface area contributed by atoms with Crippen LogP contribution in [0, 0.1) is 11.8 Å². The third kappa shape index (κ3) is 1.48. The molecular formula is C14H18N4. The third-order valence-corrected chi connectivity index (χ3v) is 4.69. The molecule has 2 fully saturated rings. The van der Waals surface area contributed by atoms with Crippen molar-refractivity contribution in [3.8, 4) is 0 Å². The Bertz CT molecular complexity index is 588. The Morgan fingerprint density at radius 1 is 1.28 bits per heavy atom. The van der Waals surface area contributed by atoms with Crippen molar-refractivity contribution in [3.63, 3.8) is 0 Å². The van der Waals surface area contributed by atoms with Gasteiger partial charge in [-0.2, -0.15) is 5.10 Å². The molecule has 4 heteroatoms. The number of hydrogen-bond acceptors (Lipinski definition) is 3. The molecule has 3 unspecified atom stereocenters. The fourth-order valence-electron chi connectivity index (χ4n) is 3.76. The molecule has 1 aromatic heterocycles. The molecule has 2 saturated carbocycles. The van der Waals surface area contributed by atoms with Crippen LogP contribution in [-0.4, -0.2) is 16.2 Å². The van der Waals surface area contributed by atoms with E-state index >= 15 is 0 Å². The van der Waals surface area contributed by atoms with E-state index in [-0.39, 0.29) is 0 Å². The molecular weight excluding hydrogens is 224 g/mol. The quantitative estimate of drug-likeness (QED) is 0.709. The van der Waals surface area contributed by atoms with Crippen molar-refractivity contribution in [2.45, 2.75) is 31.7 Å². The number of benzene rings is 1. The van der Waals surface area contributed by atoms with E-state index in [9.17, 15) is 0 Å². The molecule has 0 spiro atoms. The highest BCUT2D eigenvalue weighted by atomic mass is 15.1. The predicted molar refractivity (Wildman–Crippen MR) is 73.4 cm³/mol. The summed E-state index contributed by atoms with van der Waals surface area (Å²) in [7, 11) is 0. The number of hydrogen-bond donors (Lipinski definition) is 3. The van der Waals surface area contributed by atoms with Gasteiger partial charge < -0.3 is 11.1 Å². The molecule has 3 atom stereocenters. The van der Waals surface area contributed by atoms with Crippen molar-refractivity contribution in [1.29, 1.82) is 0 Å². The van der Waals surface area contributed by atoms with Gasteiger partial charge in [-0.25, -0.2) is 0 Å². The molecule has 1 heterocycles. The Hall–Kier alpha value is -1.71. The molecule has 2 aliphatic rings. The van der Waals surface area contributed by atoms with Gasteiger partial charge in [0.15, 0.2) is 0 Å². The van der Waals surface area contributed by atoms with E-state index in [0.29, 0.717) is 6.04 Å². The zero-order chi connectivity index (χ0) is 12.1. The first-order valence-corrected chi connectivity index (χ1v) is 6.79. The summed E-state index contributed by atoms with van der Waals surface area (Å²) in [5.41, 5.74) is 9.05. The monoisotopic (exact) mass is 242 g/mol. The summed E-state index contributed by atoms with van der Waals surface area (Å²) in [6.45, 7) is 0. The van der Waals surface area contributed by atoms with Crippen LogP contribution in [0.3, 0.4) is 0 Å². The lowest BCUT2D eigenvalue weighted by atomic mass is 9.95. The van der Waals surface area contributed by atoms with Gasteiger partial charge in [0.2, 0.25) is 0 Å². The number of anilines is 2. The Morgan fingerprint density at radius 2 is 2.22 bits per heavy atom. The maximum atomic E-state index is 6.12. The molecule has 2 bridgehead atoms. The SMILES string of the molecule is Nc1cc2cn[nH]c2cc1NC1CC2CCC1C2. The largest absolute Gasteiger partial charge is 0.397 e. The Kier molecular flexibility index (Phi) is 2.07. The van der Waals surface area contributed by atoms with Gasteiger partial charge in [0.25, 0.3) is 0 Å². The van der Waals surface area contributed by atoms with Gasteiger partial charge >= 0.3 is 0 Å². The summed E-state index contributed by atoms with van der Waals surface area (Å²) in [4.78, 5) is 0. The molecule has 2 aromatic rings. The van der Waals surface area contributed by atoms with Crippen LogP contribution < -0.4 is 11.1 Å². The minimum absolute atomic E-state index is 0.617. The minimum atomic E-state index is 0.617. The second-order valence-electron chi connectivity index (χ2n) is 5.82. The molecule has 4 nitrogen and oxygen atoms in total. The van der Waals surface area contributed by atoms with Crippen LogP contribution in [0.1, 0.15) is 25.7 Å². The summed E-state index contributed by atoms with van der Waals surface area (Å²) in [5, 5.41) is 11.8. The van der Waals surface area contributed by atoms with E-state index in [2.05, 4.69) is 21.6 Å². The molecule has 0 amide bonds. The highest BCUT2D eigenvalue weighted by Crippen LogP contribution is 2.46. The Labute approximate surface area is 106 Å². The topological polar surface area (TPSA) is 66.7 Å². The first-order valence-electron chi connectivity index (χ1n) is 6.79. The second kappa shape index (κ2) is 3.64. The number of nitrogens with zero attached hydrogens (tertiary/aromatic N) is 1. The van der Waals surface area contributed by atoms with Crippen LogP contribution in [0.25, 0.3) is 10.9 Å². The van der Waals surface area contributed by atoms with E-state index in [1.807, 2.05) is 12.3 Å². The minimum Gasteiger partial charge on any atom is -0.397 e. The summed E-state index contributed by atoms with van der Waals surface area (Å²) >= 11 is 0. The fourth-order valence-corrected chi connectivity index (χ4v) is 3.76. The Balaban J connectivity index is 1.64. The van der Waals surface area contributed by atoms with Gasteiger partial charge in [-0.05, 0) is 43.2 Å². The fraction of sp³-hybridized carbons (Fsp3) is 0.500. The van der Waals surface area contributed by atoms with Crippen molar-refractivity contribution < 1.29 is 0 Å². The molecule has 0 saturated heterocycles. The van der Waals surface area contributed by atoms with Crippen LogP contribution in [-0.2, 0) is 0 Å². The lowest BCUT2D eigenvalue weighted by Gasteiger charge is -2.24. The van der Waals surface area contributed by atoms with Crippen molar-refractivity contribution in [2.24, 2.45) is 11.8 Å². The van der Waals surface area contributed by atoms with Gasteiger partial charge in [0.05, 0.1) is 23.1 Å². The molecule has 0 aliphatic heterocycles. The van der Waals surface area contributed by atoms with E-state index in [0.717, 1.165) is 34.1 Å². The number of aromatic nitrogens is 2. The summed E-state index contributed by atoms with van der Waals surface area (Å²) in [5.74, 6) is 1.80. The van der Waals surface area contributed by atoms with Gasteiger partial charge in [-0.3, -0.25) is 5.10 Å². The van der Waals surface area contributed by atoms with Crippen LogP contribution in [0.15, 0.2) is 18.3 Å². The number of fused-ring (bicyclic) bond motifs is 3. The number of rotatable bonds is 2. The van der Waals surface area contributed by atoms with E-state index in [1.165, 1.54) is 25.7 Å². The number of nitrogens with one attached hydrogen (secondary N) is 2. The van der Waals surface area contributed by atoms with Crippen LogP contribution >= 0.6 is 0 Å². The molecule has 2 aliphatic carbocycles. The smallest absolute Gasteiger partial charge is 0.0672 e. The van der Waals surface area contributed by atoms with E-state index in [4.69, 9.17) is 5.73 Å². The highest BCUT2D eigenvalue weighted by Gasteiger charge is 2.39. The lowest BCUT2D eigenvalue weighted by molar-refractivity contribution is 0.440. The first-order chi connectivity index (χ1) is 8.79. The predicted octanol–water partition coefficient (Wildman–Crippen LogP) is 2.75. The molecule has 1 aromatic carbocycles. The normalized spacial score (nSPS) is 30.1. The second-order valence-corrected chi connectivity index (χ2v) is 5.82. The number of nitrogens with two attached hydrogens (primary N) is 1. The standard InChI is InChI=1S/C14H18N4/c15-11-5-10-7-16-18-13(10)6-14(11)17-12-4-8-1-2-9(12)3-8/h5-9,12,17H,1-4,15H2,(H,16,18). The molecule has 4 rings (SSSR count). The van der Waals surface area contributed by atoms with E-state index in [1.54, 1.807) is 0 Å². The van der Waals surface area contributed by atoms with Crippen molar-refractivity contribution in [3.05, 3.63) is 18.3 Å². The number of H-pyrrole nitrogens is 1. The van der Waals surface area contributed by atoms with E-state index < -0.39 is 0 Å². The lowest BCUT2D eigenvalue weighted by Crippen LogP contribution is -2.26. The van der Waals surface area contributed by atoms with Gasteiger partial charge in [0.1, 0.15) is 0 Å². The van der Waals surface area contributed by atoms with Crippen molar-refractivity contribution in [2.75, 3.05) is 11.1 Å². The highest BCUT2D eigenvalue weighted by molar-refractivity contribution is 5.88. The summed E-state index contributed by atoms with van der Waals surface area (Å²) in [6.07, 6.45) is 7.34. The maximum Gasteiger partial charge on any atom is 0.0672 e. The zero-order valence-corrected chi connectivity index (χ0v) is 10.3. The van der Waals surface area contributed by atoms with Crippen molar-refractivity contribution in [1.82, 2.24) is 10.2 Å². The average molecular weight is 242 g/mol. The van der Waals surface area contributed by atoms with Gasteiger partial charge in [0, 0.05) is 11.4 Å². The Morgan fingerprint density at radius 3 is 3.00 bits per heavy atom.